The molecular weight excluding hydrogens is 490 g/mol. The topological polar surface area (TPSA) is 151 Å². The Balaban J connectivity index is 1.61. The summed E-state index contributed by atoms with van der Waals surface area (Å²) in [4.78, 5) is 48.7. The lowest BCUT2D eigenvalue weighted by atomic mass is 10.0. The van der Waals surface area contributed by atoms with Gasteiger partial charge >= 0.3 is 5.97 Å². The maximum atomic E-state index is 12.8. The monoisotopic (exact) mass is 513 g/mol. The normalized spacial score (nSPS) is 11.8. The van der Waals surface area contributed by atoms with Crippen molar-refractivity contribution in [1.29, 1.82) is 0 Å². The van der Waals surface area contributed by atoms with Gasteiger partial charge in [-0.15, -0.1) is 0 Å². The van der Waals surface area contributed by atoms with E-state index in [9.17, 15) is 24.3 Å². The van der Waals surface area contributed by atoms with E-state index in [0.29, 0.717) is 22.5 Å². The standard InChI is InChI=1S/C25H24ClN3O7/c1-14-7-9-36-22(14)24(32)28-13-19(25(33)34)29-23(31)21-15(2)10-16(11-18(21)26)12-27-20(30)6-5-17-4-3-8-35-17/h3-11,19H,12-13H2,1-2H3,(H,27,30)(H,28,32)(H,29,31)(H,33,34)/b6-5+/t19-/m0/s1. The van der Waals surface area contributed by atoms with Crippen LogP contribution in [0.4, 0.5) is 0 Å². The van der Waals surface area contributed by atoms with Gasteiger partial charge in [-0.25, -0.2) is 4.79 Å². The van der Waals surface area contributed by atoms with Crippen molar-refractivity contribution in [1.82, 2.24) is 16.0 Å². The second-order valence-electron chi connectivity index (χ2n) is 7.84. The van der Waals surface area contributed by atoms with Crippen molar-refractivity contribution in [3.63, 3.8) is 0 Å². The Kier molecular flexibility index (Phi) is 8.69. The van der Waals surface area contributed by atoms with Gasteiger partial charge in [-0.05, 0) is 55.3 Å². The second-order valence-corrected chi connectivity index (χ2v) is 8.25. The molecule has 0 saturated carbocycles. The Bertz CT molecular complexity index is 1270. The van der Waals surface area contributed by atoms with Crippen LogP contribution in [-0.2, 0) is 16.1 Å². The minimum atomic E-state index is -1.41. The zero-order valence-corrected chi connectivity index (χ0v) is 20.2. The van der Waals surface area contributed by atoms with Gasteiger partial charge in [0.1, 0.15) is 11.8 Å². The molecule has 3 amide bonds. The van der Waals surface area contributed by atoms with E-state index in [4.69, 9.17) is 20.4 Å². The summed E-state index contributed by atoms with van der Waals surface area (Å²) in [7, 11) is 0. The number of carbonyl (C=O) groups is 4. The summed E-state index contributed by atoms with van der Waals surface area (Å²) < 4.78 is 10.2. The fourth-order valence-electron chi connectivity index (χ4n) is 3.31. The summed E-state index contributed by atoms with van der Waals surface area (Å²) in [6, 6.07) is 6.78. The summed E-state index contributed by atoms with van der Waals surface area (Å²) >= 11 is 6.32. The molecule has 0 unspecified atom stereocenters. The highest BCUT2D eigenvalue weighted by Gasteiger charge is 2.25. The van der Waals surface area contributed by atoms with E-state index in [2.05, 4.69) is 16.0 Å². The van der Waals surface area contributed by atoms with Crippen molar-refractivity contribution < 1.29 is 33.1 Å². The smallest absolute Gasteiger partial charge is 0.328 e. The van der Waals surface area contributed by atoms with Crippen molar-refractivity contribution in [2.24, 2.45) is 0 Å². The fourth-order valence-corrected chi connectivity index (χ4v) is 3.68. The van der Waals surface area contributed by atoms with Crippen LogP contribution < -0.4 is 16.0 Å². The molecule has 10 nitrogen and oxygen atoms in total. The molecule has 11 heteroatoms. The molecule has 0 aliphatic rings. The molecular formula is C25H24ClN3O7. The average Bonchev–Trinajstić information content (AvgIpc) is 3.50. The number of nitrogens with one attached hydrogen (secondary N) is 3. The molecule has 36 heavy (non-hydrogen) atoms. The lowest BCUT2D eigenvalue weighted by molar-refractivity contribution is -0.139. The molecule has 2 heterocycles. The van der Waals surface area contributed by atoms with Gasteiger partial charge in [0, 0.05) is 24.7 Å². The number of hydrogen-bond donors (Lipinski definition) is 4. The van der Waals surface area contributed by atoms with E-state index in [-0.39, 0.29) is 35.3 Å². The fraction of sp³-hybridized carbons (Fsp3) is 0.200. The summed E-state index contributed by atoms with van der Waals surface area (Å²) in [6.45, 7) is 3.10. The molecule has 3 rings (SSSR count). The highest BCUT2D eigenvalue weighted by molar-refractivity contribution is 6.34. The number of carboxylic acids is 1. The molecule has 188 valence electrons. The SMILES string of the molecule is Cc1ccoc1C(=O)NC[C@H](NC(=O)c1c(C)cc(CNC(=O)/C=C/c2ccco2)cc1Cl)C(=O)O. The number of hydrogen-bond acceptors (Lipinski definition) is 6. The van der Waals surface area contributed by atoms with E-state index in [1.54, 1.807) is 38.1 Å². The van der Waals surface area contributed by atoms with Gasteiger partial charge in [-0.2, -0.15) is 0 Å². The van der Waals surface area contributed by atoms with Gasteiger partial charge in [0.15, 0.2) is 5.76 Å². The summed E-state index contributed by atoms with van der Waals surface area (Å²) in [5.41, 5.74) is 1.80. The van der Waals surface area contributed by atoms with Gasteiger partial charge in [0.2, 0.25) is 5.91 Å². The highest BCUT2D eigenvalue weighted by atomic mass is 35.5. The first-order chi connectivity index (χ1) is 17.2. The maximum absolute atomic E-state index is 12.8. The van der Waals surface area contributed by atoms with Crippen molar-refractivity contribution in [3.8, 4) is 0 Å². The molecule has 0 spiro atoms. The first kappa shape index (κ1) is 26.3. The van der Waals surface area contributed by atoms with Crippen molar-refractivity contribution in [2.75, 3.05) is 6.54 Å². The Morgan fingerprint density at radius 3 is 2.42 bits per heavy atom. The summed E-state index contributed by atoms with van der Waals surface area (Å²) in [5.74, 6) is -2.41. The van der Waals surface area contributed by atoms with Crippen LogP contribution >= 0.6 is 11.6 Å². The number of furan rings is 2. The second kappa shape index (κ2) is 11.9. The van der Waals surface area contributed by atoms with E-state index >= 15 is 0 Å². The minimum Gasteiger partial charge on any atom is -0.480 e. The molecule has 0 bridgehead atoms. The van der Waals surface area contributed by atoms with Crippen molar-refractivity contribution in [3.05, 3.63) is 87.7 Å². The van der Waals surface area contributed by atoms with Crippen LogP contribution in [0.5, 0.6) is 0 Å². The van der Waals surface area contributed by atoms with Crippen LogP contribution in [0.2, 0.25) is 5.02 Å². The number of carbonyl (C=O) groups excluding carboxylic acids is 3. The quantitative estimate of drug-likeness (QED) is 0.304. The molecule has 4 N–H and O–H groups in total. The molecule has 0 saturated heterocycles. The molecule has 3 aromatic rings. The van der Waals surface area contributed by atoms with E-state index in [1.807, 2.05) is 0 Å². The largest absolute Gasteiger partial charge is 0.480 e. The summed E-state index contributed by atoms with van der Waals surface area (Å²) in [6.07, 6.45) is 5.69. The minimum absolute atomic E-state index is 0.0588. The molecule has 0 fully saturated rings. The van der Waals surface area contributed by atoms with Gasteiger partial charge in [0.05, 0.1) is 23.1 Å². The number of benzene rings is 1. The number of halogens is 1. The molecule has 0 radical (unpaired) electrons. The first-order valence-corrected chi connectivity index (χ1v) is 11.2. The van der Waals surface area contributed by atoms with E-state index in [0.717, 1.165) is 0 Å². The molecule has 2 aromatic heterocycles. The zero-order valence-electron chi connectivity index (χ0n) is 19.5. The van der Waals surface area contributed by atoms with Gasteiger partial charge in [0.25, 0.3) is 11.8 Å². The first-order valence-electron chi connectivity index (χ1n) is 10.8. The van der Waals surface area contributed by atoms with Crippen LogP contribution in [0.15, 0.2) is 57.8 Å². The Hall–Kier alpha value is -4.31. The zero-order chi connectivity index (χ0) is 26.2. The van der Waals surface area contributed by atoms with Gasteiger partial charge in [-0.3, -0.25) is 14.4 Å². The van der Waals surface area contributed by atoms with Crippen LogP contribution in [0.1, 0.15) is 43.4 Å². The maximum Gasteiger partial charge on any atom is 0.328 e. The van der Waals surface area contributed by atoms with E-state index in [1.165, 1.54) is 30.7 Å². The number of aliphatic carboxylic acids is 1. The van der Waals surface area contributed by atoms with Crippen LogP contribution in [0.25, 0.3) is 6.08 Å². The predicted molar refractivity (Wildman–Crippen MR) is 130 cm³/mol. The van der Waals surface area contributed by atoms with Crippen LogP contribution in [0, 0.1) is 13.8 Å². The molecule has 1 aromatic carbocycles. The van der Waals surface area contributed by atoms with Crippen LogP contribution in [-0.4, -0.2) is 41.4 Å². The van der Waals surface area contributed by atoms with E-state index < -0.39 is 23.8 Å². The number of rotatable bonds is 10. The molecule has 1 atom stereocenters. The van der Waals surface area contributed by atoms with Crippen molar-refractivity contribution in [2.45, 2.75) is 26.4 Å². The van der Waals surface area contributed by atoms with Gasteiger partial charge < -0.3 is 29.9 Å². The Morgan fingerprint density at radius 1 is 1.03 bits per heavy atom. The Morgan fingerprint density at radius 2 is 1.81 bits per heavy atom. The predicted octanol–water partition coefficient (Wildman–Crippen LogP) is 3.09. The lowest BCUT2D eigenvalue weighted by Crippen LogP contribution is -2.48. The number of carboxylic acid groups (broad SMARTS) is 1. The number of aryl methyl sites for hydroxylation is 2. The number of amides is 3. The van der Waals surface area contributed by atoms with Crippen LogP contribution in [0.3, 0.4) is 0 Å². The van der Waals surface area contributed by atoms with Crippen molar-refractivity contribution >= 4 is 41.4 Å². The third-order valence-electron chi connectivity index (χ3n) is 5.12. The van der Waals surface area contributed by atoms with Gasteiger partial charge in [-0.1, -0.05) is 17.7 Å². The third kappa shape index (κ3) is 6.86. The average molecular weight is 514 g/mol. The lowest BCUT2D eigenvalue weighted by Gasteiger charge is -2.17. The molecule has 0 aliphatic carbocycles. The Labute approximate surface area is 211 Å². The highest BCUT2D eigenvalue weighted by Crippen LogP contribution is 2.22. The third-order valence-corrected chi connectivity index (χ3v) is 5.42. The molecule has 0 aliphatic heterocycles. The summed E-state index contributed by atoms with van der Waals surface area (Å²) in [5, 5.41) is 17.1.